The highest BCUT2D eigenvalue weighted by Gasteiger charge is 2.38. The predicted octanol–water partition coefficient (Wildman–Crippen LogP) is 1.21. The standard InChI is InChI=1S/C14H14BNO3/c1-2-10-8-13(18)16(14(10)19)11-5-3-9(4-6-11)7-12(15)17/h3-6,10H,2,7-8H2,1H3. The Balaban J connectivity index is 2.20. The van der Waals surface area contributed by atoms with Gasteiger partial charge in [0.05, 0.1) is 11.4 Å². The molecule has 0 aliphatic carbocycles. The van der Waals surface area contributed by atoms with Gasteiger partial charge in [-0.1, -0.05) is 19.1 Å². The molecular weight excluding hydrogens is 241 g/mol. The van der Waals surface area contributed by atoms with Crippen LogP contribution >= 0.6 is 0 Å². The highest BCUT2D eigenvalue weighted by atomic mass is 16.2. The molecule has 1 saturated heterocycles. The quantitative estimate of drug-likeness (QED) is 0.600. The topological polar surface area (TPSA) is 54.5 Å². The minimum absolute atomic E-state index is 0.143. The monoisotopic (exact) mass is 255 g/mol. The molecule has 96 valence electrons. The van der Waals surface area contributed by atoms with Crippen LogP contribution in [0, 0.1) is 5.92 Å². The fourth-order valence-corrected chi connectivity index (χ4v) is 2.25. The van der Waals surface area contributed by atoms with Crippen molar-refractivity contribution in [3.05, 3.63) is 29.8 Å². The molecule has 0 bridgehead atoms. The van der Waals surface area contributed by atoms with E-state index < -0.39 is 5.68 Å². The molecule has 0 N–H and O–H groups in total. The molecule has 5 heteroatoms. The van der Waals surface area contributed by atoms with Crippen LogP contribution in [-0.2, 0) is 20.8 Å². The van der Waals surface area contributed by atoms with E-state index in [1.165, 1.54) is 4.90 Å². The van der Waals surface area contributed by atoms with E-state index in [9.17, 15) is 14.4 Å². The molecule has 0 saturated carbocycles. The Morgan fingerprint density at radius 2 is 1.95 bits per heavy atom. The zero-order valence-corrected chi connectivity index (χ0v) is 10.8. The van der Waals surface area contributed by atoms with E-state index in [1.807, 2.05) is 6.92 Å². The van der Waals surface area contributed by atoms with Crippen molar-refractivity contribution in [2.45, 2.75) is 26.2 Å². The summed E-state index contributed by atoms with van der Waals surface area (Å²) in [5.74, 6) is -0.521. The van der Waals surface area contributed by atoms with Gasteiger partial charge in [-0.05, 0) is 24.1 Å². The van der Waals surface area contributed by atoms with Gasteiger partial charge in [0.2, 0.25) is 11.8 Å². The SMILES string of the molecule is [B]C(=O)Cc1ccc(N2C(=O)CC(CC)C2=O)cc1. The van der Waals surface area contributed by atoms with Crippen LogP contribution in [0.2, 0.25) is 0 Å². The predicted molar refractivity (Wildman–Crippen MR) is 71.8 cm³/mol. The maximum atomic E-state index is 12.0. The Kier molecular flexibility index (Phi) is 3.83. The summed E-state index contributed by atoms with van der Waals surface area (Å²) < 4.78 is 0. The first-order chi connectivity index (χ1) is 9.02. The molecule has 2 rings (SSSR count). The van der Waals surface area contributed by atoms with Crippen LogP contribution in [0.15, 0.2) is 24.3 Å². The number of imide groups is 1. The Morgan fingerprint density at radius 3 is 2.42 bits per heavy atom. The Labute approximate surface area is 113 Å². The van der Waals surface area contributed by atoms with E-state index in [0.717, 1.165) is 5.56 Å². The second-order valence-electron chi connectivity index (χ2n) is 4.69. The highest BCUT2D eigenvalue weighted by molar-refractivity contribution is 6.57. The van der Waals surface area contributed by atoms with E-state index in [1.54, 1.807) is 24.3 Å². The maximum absolute atomic E-state index is 12.0. The largest absolute Gasteiger partial charge is 0.312 e. The van der Waals surface area contributed by atoms with Gasteiger partial charge in [-0.25, -0.2) is 0 Å². The van der Waals surface area contributed by atoms with Gasteiger partial charge in [0.25, 0.3) is 0 Å². The van der Waals surface area contributed by atoms with Crippen LogP contribution in [-0.4, -0.2) is 25.3 Å². The number of anilines is 1. The molecule has 1 aliphatic heterocycles. The highest BCUT2D eigenvalue weighted by Crippen LogP contribution is 2.28. The van der Waals surface area contributed by atoms with E-state index >= 15 is 0 Å². The summed E-state index contributed by atoms with van der Waals surface area (Å²) in [6.45, 7) is 1.90. The lowest BCUT2D eigenvalue weighted by molar-refractivity contribution is -0.122. The molecule has 1 heterocycles. The molecule has 1 aromatic carbocycles. The number of hydrogen-bond acceptors (Lipinski definition) is 3. The van der Waals surface area contributed by atoms with Crippen LogP contribution < -0.4 is 4.90 Å². The van der Waals surface area contributed by atoms with Crippen molar-refractivity contribution in [1.82, 2.24) is 0 Å². The zero-order chi connectivity index (χ0) is 14.0. The summed E-state index contributed by atoms with van der Waals surface area (Å²) in [5, 5.41) is 0. The van der Waals surface area contributed by atoms with Crippen molar-refractivity contribution >= 4 is 31.0 Å². The van der Waals surface area contributed by atoms with Crippen molar-refractivity contribution in [2.24, 2.45) is 5.92 Å². The van der Waals surface area contributed by atoms with Crippen molar-refractivity contribution in [3.8, 4) is 0 Å². The number of rotatable bonds is 4. The summed E-state index contributed by atoms with van der Waals surface area (Å²) in [6, 6.07) is 6.76. The van der Waals surface area contributed by atoms with Crippen LogP contribution in [0.3, 0.4) is 0 Å². The molecule has 1 fully saturated rings. The summed E-state index contributed by atoms with van der Waals surface area (Å²) in [7, 11) is 5.11. The van der Waals surface area contributed by atoms with E-state index in [4.69, 9.17) is 7.85 Å². The number of hydrogen-bond donors (Lipinski definition) is 0. The second kappa shape index (κ2) is 5.39. The van der Waals surface area contributed by atoms with Crippen molar-refractivity contribution < 1.29 is 14.4 Å². The number of benzene rings is 1. The molecule has 4 nitrogen and oxygen atoms in total. The maximum Gasteiger partial charge on any atom is 0.237 e. The van der Waals surface area contributed by atoms with E-state index in [2.05, 4.69) is 0 Å². The number of carbonyl (C=O) groups is 3. The molecule has 19 heavy (non-hydrogen) atoms. The smallest absolute Gasteiger partial charge is 0.237 e. The Bertz CT molecular complexity index is 524. The molecule has 2 amide bonds. The molecule has 1 unspecified atom stereocenters. The van der Waals surface area contributed by atoms with Gasteiger partial charge < -0.3 is 4.79 Å². The van der Waals surface area contributed by atoms with Crippen LogP contribution in [0.4, 0.5) is 5.69 Å². The van der Waals surface area contributed by atoms with Crippen molar-refractivity contribution in [1.29, 1.82) is 0 Å². The minimum atomic E-state index is -0.410. The van der Waals surface area contributed by atoms with Crippen molar-refractivity contribution in [3.63, 3.8) is 0 Å². The van der Waals surface area contributed by atoms with E-state index in [0.29, 0.717) is 12.1 Å². The average molecular weight is 255 g/mol. The van der Waals surface area contributed by atoms with Gasteiger partial charge in [-0.2, -0.15) is 0 Å². The third kappa shape index (κ3) is 2.75. The molecule has 0 aromatic heterocycles. The second-order valence-corrected chi connectivity index (χ2v) is 4.69. The Hall–Kier alpha value is -1.91. The minimum Gasteiger partial charge on any atom is -0.312 e. The van der Waals surface area contributed by atoms with Crippen molar-refractivity contribution in [2.75, 3.05) is 4.90 Å². The number of carbonyl (C=O) groups excluding carboxylic acids is 3. The third-order valence-corrected chi connectivity index (χ3v) is 3.31. The third-order valence-electron chi connectivity index (χ3n) is 3.31. The summed E-state index contributed by atoms with van der Waals surface area (Å²) >= 11 is 0. The normalized spacial score (nSPS) is 19.0. The average Bonchev–Trinajstić information content (AvgIpc) is 2.65. The first kappa shape index (κ1) is 13.5. The summed E-state index contributed by atoms with van der Waals surface area (Å²) in [5.41, 5.74) is 0.911. The Morgan fingerprint density at radius 1 is 1.32 bits per heavy atom. The summed E-state index contributed by atoms with van der Waals surface area (Å²) in [6.07, 6.45) is 1.10. The van der Waals surface area contributed by atoms with Gasteiger partial charge in [-0.15, -0.1) is 0 Å². The van der Waals surface area contributed by atoms with Gasteiger partial charge in [0.15, 0.2) is 7.85 Å². The number of amides is 2. The lowest BCUT2D eigenvalue weighted by atomic mass is 9.95. The zero-order valence-electron chi connectivity index (χ0n) is 10.8. The molecule has 2 radical (unpaired) electrons. The lowest BCUT2D eigenvalue weighted by Gasteiger charge is -2.15. The molecule has 1 aromatic rings. The summed E-state index contributed by atoms with van der Waals surface area (Å²) in [4.78, 5) is 35.9. The first-order valence-corrected chi connectivity index (χ1v) is 6.27. The van der Waals surface area contributed by atoms with E-state index in [-0.39, 0.29) is 30.6 Å². The fraction of sp³-hybridized carbons (Fsp3) is 0.357. The van der Waals surface area contributed by atoms with Gasteiger partial charge >= 0.3 is 0 Å². The van der Waals surface area contributed by atoms with Gasteiger partial charge in [-0.3, -0.25) is 14.5 Å². The molecule has 1 atom stereocenters. The first-order valence-electron chi connectivity index (χ1n) is 6.27. The lowest BCUT2D eigenvalue weighted by Crippen LogP contribution is -2.30. The molecule has 0 spiro atoms. The van der Waals surface area contributed by atoms with Crippen LogP contribution in [0.25, 0.3) is 0 Å². The van der Waals surface area contributed by atoms with Crippen LogP contribution in [0.5, 0.6) is 0 Å². The van der Waals surface area contributed by atoms with Gasteiger partial charge in [0.1, 0.15) is 0 Å². The number of nitrogens with zero attached hydrogens (tertiary/aromatic N) is 1. The molecule has 1 aliphatic rings. The van der Waals surface area contributed by atoms with Gasteiger partial charge in [0, 0.05) is 18.8 Å². The fourth-order valence-electron chi connectivity index (χ4n) is 2.25. The molecular formula is C14H14BNO3. The van der Waals surface area contributed by atoms with Crippen LogP contribution in [0.1, 0.15) is 25.3 Å².